The van der Waals surface area contributed by atoms with Crippen LogP contribution in [0.3, 0.4) is 0 Å². The Bertz CT molecular complexity index is 482. The molecule has 1 aromatic rings. The second kappa shape index (κ2) is 6.42. The number of halogens is 2. The van der Waals surface area contributed by atoms with E-state index in [1.807, 2.05) is 0 Å². The maximum absolute atomic E-state index is 12.0. The van der Waals surface area contributed by atoms with E-state index in [9.17, 15) is 4.79 Å². The minimum absolute atomic E-state index is 0.0769. The molecular formula is C14H15Cl2NO2. The lowest BCUT2D eigenvalue weighted by Crippen LogP contribution is -2.27. The van der Waals surface area contributed by atoms with E-state index in [2.05, 4.69) is 0 Å². The number of carbonyl (C=O) groups is 1. The second-order valence-electron chi connectivity index (χ2n) is 4.59. The molecule has 1 amide bonds. The summed E-state index contributed by atoms with van der Waals surface area (Å²) >= 11 is 12.0. The Labute approximate surface area is 122 Å². The molecule has 0 radical (unpaired) electrons. The van der Waals surface area contributed by atoms with Gasteiger partial charge in [0.2, 0.25) is 5.91 Å². The fourth-order valence-corrected chi connectivity index (χ4v) is 2.64. The highest BCUT2D eigenvalue weighted by Crippen LogP contribution is 2.25. The Morgan fingerprint density at radius 1 is 1.42 bits per heavy atom. The van der Waals surface area contributed by atoms with Crippen molar-refractivity contribution in [2.75, 3.05) is 19.7 Å². The zero-order valence-corrected chi connectivity index (χ0v) is 11.9. The zero-order chi connectivity index (χ0) is 13.8. The molecule has 1 atom stereocenters. The molecule has 1 aliphatic heterocycles. The van der Waals surface area contributed by atoms with Crippen LogP contribution in [0.4, 0.5) is 0 Å². The van der Waals surface area contributed by atoms with Crippen LogP contribution in [-0.2, 0) is 4.79 Å². The van der Waals surface area contributed by atoms with Gasteiger partial charge < -0.3 is 10.0 Å². The predicted octanol–water partition coefficient (Wildman–Crippen LogP) is 2.85. The number of likely N-dealkylation sites (tertiary alicyclic amines) is 1. The molecule has 19 heavy (non-hydrogen) atoms. The summed E-state index contributed by atoms with van der Waals surface area (Å²) in [5.41, 5.74) is 0.650. The summed E-state index contributed by atoms with van der Waals surface area (Å²) in [4.78, 5) is 13.7. The Hall–Kier alpha value is -1.03. The first-order valence-electron chi connectivity index (χ1n) is 6.13. The van der Waals surface area contributed by atoms with Crippen LogP contribution < -0.4 is 0 Å². The van der Waals surface area contributed by atoms with Crippen LogP contribution in [0.15, 0.2) is 24.3 Å². The van der Waals surface area contributed by atoms with Crippen molar-refractivity contribution in [1.82, 2.24) is 4.90 Å². The summed E-state index contributed by atoms with van der Waals surface area (Å²) < 4.78 is 0. The number of hydrogen-bond acceptors (Lipinski definition) is 2. The van der Waals surface area contributed by atoms with Gasteiger partial charge in [-0.05, 0) is 24.6 Å². The largest absolute Gasteiger partial charge is 0.396 e. The van der Waals surface area contributed by atoms with Gasteiger partial charge in [-0.3, -0.25) is 4.79 Å². The van der Waals surface area contributed by atoms with Gasteiger partial charge in [0.05, 0.1) is 0 Å². The third-order valence-corrected chi connectivity index (χ3v) is 3.91. The highest BCUT2D eigenvalue weighted by Gasteiger charge is 2.24. The SMILES string of the molecule is O=C(/C=C/c1c(Cl)cccc1Cl)N1CCC(CO)C1. The van der Waals surface area contributed by atoms with E-state index in [-0.39, 0.29) is 18.4 Å². The molecular weight excluding hydrogens is 285 g/mol. The standard InChI is InChI=1S/C14H15Cl2NO2/c15-12-2-1-3-13(16)11(12)4-5-14(19)17-7-6-10(8-17)9-18/h1-5,10,18H,6-9H2/b5-4+. The lowest BCUT2D eigenvalue weighted by atomic mass is 10.1. The van der Waals surface area contributed by atoms with Crippen LogP contribution in [0.25, 0.3) is 6.08 Å². The number of benzene rings is 1. The van der Waals surface area contributed by atoms with E-state index >= 15 is 0 Å². The number of amides is 1. The monoisotopic (exact) mass is 299 g/mol. The van der Waals surface area contributed by atoms with Crippen LogP contribution in [-0.4, -0.2) is 35.6 Å². The molecule has 1 fully saturated rings. The fraction of sp³-hybridized carbons (Fsp3) is 0.357. The van der Waals surface area contributed by atoms with Crippen molar-refractivity contribution in [3.63, 3.8) is 0 Å². The van der Waals surface area contributed by atoms with Gasteiger partial charge in [0.15, 0.2) is 0 Å². The van der Waals surface area contributed by atoms with E-state index < -0.39 is 0 Å². The summed E-state index contributed by atoms with van der Waals surface area (Å²) in [5, 5.41) is 10.1. The molecule has 0 bridgehead atoms. The Balaban J connectivity index is 2.05. The molecule has 1 N–H and O–H groups in total. The number of carbonyl (C=O) groups excluding carboxylic acids is 1. The molecule has 102 valence electrons. The van der Waals surface area contributed by atoms with Gasteiger partial charge in [-0.15, -0.1) is 0 Å². The van der Waals surface area contributed by atoms with Gasteiger partial charge in [-0.25, -0.2) is 0 Å². The molecule has 2 rings (SSSR count). The van der Waals surface area contributed by atoms with E-state index in [4.69, 9.17) is 28.3 Å². The normalized spacial score (nSPS) is 19.3. The third kappa shape index (κ3) is 3.50. The lowest BCUT2D eigenvalue weighted by molar-refractivity contribution is -0.125. The quantitative estimate of drug-likeness (QED) is 0.872. The minimum Gasteiger partial charge on any atom is -0.396 e. The van der Waals surface area contributed by atoms with E-state index in [0.717, 1.165) is 6.42 Å². The summed E-state index contributed by atoms with van der Waals surface area (Å²) in [6.45, 7) is 1.42. The number of hydrogen-bond donors (Lipinski definition) is 1. The summed E-state index contributed by atoms with van der Waals surface area (Å²) in [6, 6.07) is 5.22. The first-order chi connectivity index (χ1) is 9.11. The predicted molar refractivity (Wildman–Crippen MR) is 77.3 cm³/mol. The van der Waals surface area contributed by atoms with Gasteiger partial charge in [-0.1, -0.05) is 29.3 Å². The van der Waals surface area contributed by atoms with Crippen LogP contribution in [0.2, 0.25) is 10.0 Å². The molecule has 5 heteroatoms. The molecule has 3 nitrogen and oxygen atoms in total. The maximum atomic E-state index is 12.0. The van der Waals surface area contributed by atoms with Crippen molar-refractivity contribution >= 4 is 35.2 Å². The van der Waals surface area contributed by atoms with Crippen LogP contribution >= 0.6 is 23.2 Å². The Morgan fingerprint density at radius 3 is 2.68 bits per heavy atom. The molecule has 0 spiro atoms. The van der Waals surface area contributed by atoms with Crippen molar-refractivity contribution in [2.24, 2.45) is 5.92 Å². The molecule has 0 saturated carbocycles. The first-order valence-corrected chi connectivity index (χ1v) is 6.89. The van der Waals surface area contributed by atoms with Crippen molar-refractivity contribution < 1.29 is 9.90 Å². The van der Waals surface area contributed by atoms with Gasteiger partial charge in [0.25, 0.3) is 0 Å². The number of nitrogens with zero attached hydrogens (tertiary/aromatic N) is 1. The molecule has 1 aliphatic rings. The molecule has 1 heterocycles. The topological polar surface area (TPSA) is 40.5 Å². The highest BCUT2D eigenvalue weighted by molar-refractivity contribution is 6.37. The molecule has 1 unspecified atom stereocenters. The Kier molecular flexibility index (Phi) is 4.86. The Morgan fingerprint density at radius 2 is 2.11 bits per heavy atom. The zero-order valence-electron chi connectivity index (χ0n) is 10.4. The highest BCUT2D eigenvalue weighted by atomic mass is 35.5. The minimum atomic E-state index is -0.0769. The summed E-state index contributed by atoms with van der Waals surface area (Å²) in [7, 11) is 0. The number of aliphatic hydroxyl groups is 1. The van der Waals surface area contributed by atoms with Gasteiger partial charge >= 0.3 is 0 Å². The van der Waals surface area contributed by atoms with Gasteiger partial charge in [0, 0.05) is 47.3 Å². The van der Waals surface area contributed by atoms with Crippen molar-refractivity contribution in [3.8, 4) is 0 Å². The fourth-order valence-electron chi connectivity index (χ4n) is 2.11. The molecule has 0 aromatic heterocycles. The summed E-state index contributed by atoms with van der Waals surface area (Å²) in [6.07, 6.45) is 3.97. The van der Waals surface area contributed by atoms with Gasteiger partial charge in [0.1, 0.15) is 0 Å². The molecule has 0 aliphatic carbocycles. The number of aliphatic hydroxyl groups excluding tert-OH is 1. The maximum Gasteiger partial charge on any atom is 0.246 e. The first kappa shape index (κ1) is 14.4. The average Bonchev–Trinajstić information content (AvgIpc) is 2.86. The van der Waals surface area contributed by atoms with Crippen LogP contribution in [0, 0.1) is 5.92 Å². The average molecular weight is 300 g/mol. The van der Waals surface area contributed by atoms with Crippen molar-refractivity contribution in [1.29, 1.82) is 0 Å². The van der Waals surface area contributed by atoms with E-state index in [1.165, 1.54) is 6.08 Å². The van der Waals surface area contributed by atoms with E-state index in [0.29, 0.717) is 28.7 Å². The number of rotatable bonds is 3. The van der Waals surface area contributed by atoms with Crippen LogP contribution in [0.1, 0.15) is 12.0 Å². The van der Waals surface area contributed by atoms with Crippen molar-refractivity contribution in [3.05, 3.63) is 39.9 Å². The second-order valence-corrected chi connectivity index (χ2v) is 5.40. The summed E-state index contributed by atoms with van der Waals surface area (Å²) in [5.74, 6) is 0.119. The van der Waals surface area contributed by atoms with Crippen LogP contribution in [0.5, 0.6) is 0 Å². The lowest BCUT2D eigenvalue weighted by Gasteiger charge is -2.13. The van der Waals surface area contributed by atoms with Gasteiger partial charge in [-0.2, -0.15) is 0 Å². The molecule has 1 aromatic carbocycles. The smallest absolute Gasteiger partial charge is 0.246 e. The van der Waals surface area contributed by atoms with E-state index in [1.54, 1.807) is 29.2 Å². The van der Waals surface area contributed by atoms with Crippen molar-refractivity contribution in [2.45, 2.75) is 6.42 Å². The third-order valence-electron chi connectivity index (χ3n) is 3.25. The molecule has 1 saturated heterocycles.